The van der Waals surface area contributed by atoms with Crippen molar-refractivity contribution in [2.24, 2.45) is 0 Å². The summed E-state index contributed by atoms with van der Waals surface area (Å²) in [5, 5.41) is 2.48. The van der Waals surface area contributed by atoms with E-state index in [9.17, 15) is 9.59 Å². The van der Waals surface area contributed by atoms with Crippen LogP contribution in [0.2, 0.25) is 0 Å². The van der Waals surface area contributed by atoms with Crippen LogP contribution >= 0.6 is 0 Å². The molecule has 0 saturated heterocycles. The Balaban J connectivity index is 2.56. The molecule has 1 amide bonds. The van der Waals surface area contributed by atoms with Gasteiger partial charge < -0.3 is 14.8 Å². The van der Waals surface area contributed by atoms with Crippen LogP contribution in [0, 0.1) is 6.92 Å². The standard InChI is InChI=1S/C13H17NO4/c1-9-4-5-10(6-11(9)17-2)7-12(15)14-8-13(16)18-3/h4-6H,7-8H2,1-3H3,(H,14,15). The van der Waals surface area contributed by atoms with Crippen LogP contribution in [-0.4, -0.2) is 32.6 Å². The molecule has 0 saturated carbocycles. The number of benzene rings is 1. The first-order valence-corrected chi connectivity index (χ1v) is 5.54. The van der Waals surface area contributed by atoms with Crippen LogP contribution in [0.25, 0.3) is 0 Å². The maximum Gasteiger partial charge on any atom is 0.325 e. The number of aryl methyl sites for hydroxylation is 1. The van der Waals surface area contributed by atoms with Gasteiger partial charge >= 0.3 is 5.97 Å². The highest BCUT2D eigenvalue weighted by Crippen LogP contribution is 2.19. The lowest BCUT2D eigenvalue weighted by Crippen LogP contribution is -2.31. The maximum atomic E-state index is 11.6. The molecule has 0 atom stereocenters. The minimum absolute atomic E-state index is 0.113. The molecule has 1 N–H and O–H groups in total. The van der Waals surface area contributed by atoms with Gasteiger partial charge in [0.2, 0.25) is 5.91 Å². The number of ether oxygens (including phenoxy) is 2. The summed E-state index contributed by atoms with van der Waals surface area (Å²) < 4.78 is 9.61. The number of methoxy groups -OCH3 is 2. The first-order valence-electron chi connectivity index (χ1n) is 5.54. The Kier molecular flexibility index (Phi) is 5.17. The van der Waals surface area contributed by atoms with Crippen molar-refractivity contribution in [2.75, 3.05) is 20.8 Å². The second-order valence-electron chi connectivity index (χ2n) is 3.83. The van der Waals surface area contributed by atoms with Crippen molar-refractivity contribution < 1.29 is 19.1 Å². The highest BCUT2D eigenvalue weighted by Gasteiger charge is 2.08. The average molecular weight is 251 g/mol. The fourth-order valence-corrected chi connectivity index (χ4v) is 1.47. The average Bonchev–Trinajstić information content (AvgIpc) is 2.38. The zero-order chi connectivity index (χ0) is 13.5. The van der Waals surface area contributed by atoms with Gasteiger partial charge in [-0.3, -0.25) is 9.59 Å². The topological polar surface area (TPSA) is 64.6 Å². The van der Waals surface area contributed by atoms with E-state index in [0.29, 0.717) is 0 Å². The smallest absolute Gasteiger partial charge is 0.325 e. The molecular weight excluding hydrogens is 234 g/mol. The summed E-state index contributed by atoms with van der Waals surface area (Å²) >= 11 is 0. The summed E-state index contributed by atoms with van der Waals surface area (Å²) in [5.41, 5.74) is 1.84. The molecule has 98 valence electrons. The lowest BCUT2D eigenvalue weighted by molar-refractivity contribution is -0.141. The lowest BCUT2D eigenvalue weighted by atomic mass is 10.1. The Morgan fingerprint density at radius 3 is 2.61 bits per heavy atom. The Morgan fingerprint density at radius 1 is 1.28 bits per heavy atom. The molecule has 0 bridgehead atoms. The van der Waals surface area contributed by atoms with Crippen LogP contribution in [0.15, 0.2) is 18.2 Å². The summed E-state index contributed by atoms with van der Waals surface area (Å²) in [6.45, 7) is 1.82. The maximum absolute atomic E-state index is 11.6. The van der Waals surface area contributed by atoms with E-state index in [0.717, 1.165) is 16.9 Å². The Labute approximate surface area is 106 Å². The largest absolute Gasteiger partial charge is 0.496 e. The van der Waals surface area contributed by atoms with Crippen LogP contribution in [0.5, 0.6) is 5.75 Å². The van der Waals surface area contributed by atoms with E-state index >= 15 is 0 Å². The Hall–Kier alpha value is -2.04. The van der Waals surface area contributed by atoms with E-state index < -0.39 is 5.97 Å². The molecule has 0 aliphatic heterocycles. The summed E-state index contributed by atoms with van der Waals surface area (Å²) in [5.74, 6) is 0.0458. The van der Waals surface area contributed by atoms with E-state index in [4.69, 9.17) is 4.74 Å². The lowest BCUT2D eigenvalue weighted by Gasteiger charge is -2.08. The monoisotopic (exact) mass is 251 g/mol. The van der Waals surface area contributed by atoms with Crippen LogP contribution in [0.4, 0.5) is 0 Å². The highest BCUT2D eigenvalue weighted by molar-refractivity contribution is 5.83. The fraction of sp³-hybridized carbons (Fsp3) is 0.385. The van der Waals surface area contributed by atoms with Gasteiger partial charge in [-0.15, -0.1) is 0 Å². The third-order valence-electron chi connectivity index (χ3n) is 2.49. The highest BCUT2D eigenvalue weighted by atomic mass is 16.5. The van der Waals surface area contributed by atoms with Crippen LogP contribution in [0.1, 0.15) is 11.1 Å². The molecule has 1 aromatic rings. The second kappa shape index (κ2) is 6.64. The number of hydrogen-bond acceptors (Lipinski definition) is 4. The molecule has 5 heteroatoms. The Bertz CT molecular complexity index is 443. The number of nitrogens with one attached hydrogen (secondary N) is 1. The van der Waals surface area contributed by atoms with Crippen molar-refractivity contribution in [3.05, 3.63) is 29.3 Å². The molecule has 0 aliphatic rings. The number of hydrogen-bond donors (Lipinski definition) is 1. The molecule has 18 heavy (non-hydrogen) atoms. The summed E-state index contributed by atoms with van der Waals surface area (Å²) in [6.07, 6.45) is 0.202. The molecule has 0 spiro atoms. The molecule has 1 aromatic carbocycles. The molecule has 5 nitrogen and oxygen atoms in total. The zero-order valence-electron chi connectivity index (χ0n) is 10.8. The van der Waals surface area contributed by atoms with Gasteiger partial charge in [-0.25, -0.2) is 0 Å². The van der Waals surface area contributed by atoms with Gasteiger partial charge in [-0.2, -0.15) is 0 Å². The van der Waals surface area contributed by atoms with Crippen molar-refractivity contribution in [1.82, 2.24) is 5.32 Å². The molecule has 0 radical (unpaired) electrons. The van der Waals surface area contributed by atoms with Crippen LogP contribution in [0.3, 0.4) is 0 Å². The van der Waals surface area contributed by atoms with E-state index in [1.165, 1.54) is 7.11 Å². The normalized spacial score (nSPS) is 9.72. The fourth-order valence-electron chi connectivity index (χ4n) is 1.47. The minimum Gasteiger partial charge on any atom is -0.496 e. The number of esters is 1. The van der Waals surface area contributed by atoms with Gasteiger partial charge in [0.1, 0.15) is 12.3 Å². The van der Waals surface area contributed by atoms with Crippen molar-refractivity contribution >= 4 is 11.9 Å². The first-order chi connectivity index (χ1) is 8.56. The van der Waals surface area contributed by atoms with Crippen LogP contribution < -0.4 is 10.1 Å². The van der Waals surface area contributed by atoms with Gasteiger partial charge in [0, 0.05) is 0 Å². The summed E-state index contributed by atoms with van der Waals surface area (Å²) in [4.78, 5) is 22.4. The molecule has 0 unspecified atom stereocenters. The van der Waals surface area contributed by atoms with E-state index in [1.807, 2.05) is 25.1 Å². The van der Waals surface area contributed by atoms with Crippen molar-refractivity contribution in [1.29, 1.82) is 0 Å². The number of amides is 1. The van der Waals surface area contributed by atoms with Crippen molar-refractivity contribution in [3.63, 3.8) is 0 Å². The van der Waals surface area contributed by atoms with E-state index in [2.05, 4.69) is 10.1 Å². The van der Waals surface area contributed by atoms with Gasteiger partial charge in [0.05, 0.1) is 20.6 Å². The first kappa shape index (κ1) is 14.0. The molecule has 0 fully saturated rings. The molecular formula is C13H17NO4. The molecule has 0 aromatic heterocycles. The Morgan fingerprint density at radius 2 is 2.00 bits per heavy atom. The number of carbonyl (C=O) groups excluding carboxylic acids is 2. The van der Waals surface area contributed by atoms with E-state index in [1.54, 1.807) is 7.11 Å². The van der Waals surface area contributed by atoms with E-state index in [-0.39, 0.29) is 18.9 Å². The predicted octanol–water partition coefficient (Wildman–Crippen LogP) is 0.835. The molecule has 0 heterocycles. The predicted molar refractivity (Wildman–Crippen MR) is 66.5 cm³/mol. The SMILES string of the molecule is COC(=O)CNC(=O)Cc1ccc(C)c(OC)c1. The van der Waals surface area contributed by atoms with Gasteiger partial charge in [-0.05, 0) is 24.1 Å². The van der Waals surface area contributed by atoms with Gasteiger partial charge in [0.15, 0.2) is 0 Å². The van der Waals surface area contributed by atoms with Crippen LogP contribution in [-0.2, 0) is 20.7 Å². The van der Waals surface area contributed by atoms with Gasteiger partial charge in [0.25, 0.3) is 0 Å². The van der Waals surface area contributed by atoms with Gasteiger partial charge in [-0.1, -0.05) is 12.1 Å². The number of carbonyl (C=O) groups is 2. The van der Waals surface area contributed by atoms with Crippen molar-refractivity contribution in [2.45, 2.75) is 13.3 Å². The van der Waals surface area contributed by atoms with Crippen molar-refractivity contribution in [3.8, 4) is 5.75 Å². The molecule has 1 rings (SSSR count). The third kappa shape index (κ3) is 4.08. The summed E-state index contributed by atoms with van der Waals surface area (Å²) in [6, 6.07) is 5.56. The minimum atomic E-state index is -0.468. The third-order valence-corrected chi connectivity index (χ3v) is 2.49. The quantitative estimate of drug-likeness (QED) is 0.787. The number of rotatable bonds is 5. The molecule has 0 aliphatic carbocycles. The zero-order valence-corrected chi connectivity index (χ0v) is 10.8. The summed E-state index contributed by atoms with van der Waals surface area (Å²) in [7, 11) is 2.86. The second-order valence-corrected chi connectivity index (χ2v) is 3.83.